The van der Waals surface area contributed by atoms with Gasteiger partial charge >= 0.3 is 0 Å². The summed E-state index contributed by atoms with van der Waals surface area (Å²) >= 11 is 0. The molecule has 0 aliphatic carbocycles. The molecule has 4 aliphatic rings. The van der Waals surface area contributed by atoms with Gasteiger partial charge in [0.2, 0.25) is 0 Å². The SMILES string of the molecule is Oc1cccc(C23C=C4C=CC(=N4)C=C4C=CC(=N4)C=c4ccc([nH]4)=CC(=CC2)N3)c1. The molecule has 3 N–H and O–H groups in total. The van der Waals surface area contributed by atoms with Crippen LogP contribution in [0.3, 0.4) is 0 Å². The number of phenols is 1. The van der Waals surface area contributed by atoms with Gasteiger partial charge in [0.1, 0.15) is 5.75 Å². The number of aliphatic imine (C=N–C) groups is 2. The third-order valence-electron chi connectivity index (χ3n) is 5.77. The van der Waals surface area contributed by atoms with Crippen LogP contribution in [0.4, 0.5) is 0 Å². The standard InChI is InChI=1S/C26H20N4O/c31-25-3-1-2-17(12-25)26-11-10-23(30-26)15-22-7-6-19(28-22)13-18-4-5-20(27-18)14-21-8-9-24(16-26)29-21/h1-10,12-16,28,30-31H,11H2. The molecule has 31 heavy (non-hydrogen) atoms. The Morgan fingerprint density at radius 2 is 1.61 bits per heavy atom. The summed E-state index contributed by atoms with van der Waals surface area (Å²) in [6.07, 6.45) is 19.2. The Morgan fingerprint density at radius 3 is 2.48 bits per heavy atom. The van der Waals surface area contributed by atoms with Crippen molar-refractivity contribution >= 4 is 23.6 Å². The monoisotopic (exact) mass is 404 g/mol. The van der Waals surface area contributed by atoms with Gasteiger partial charge in [0.15, 0.2) is 0 Å². The summed E-state index contributed by atoms with van der Waals surface area (Å²) in [7, 11) is 0. The number of allylic oxidation sites excluding steroid dienone is 6. The number of benzene rings is 1. The number of aromatic hydroxyl groups is 1. The maximum atomic E-state index is 10.1. The zero-order valence-corrected chi connectivity index (χ0v) is 16.7. The van der Waals surface area contributed by atoms with E-state index in [0.717, 1.165) is 51.2 Å². The first-order valence-electron chi connectivity index (χ1n) is 10.3. The van der Waals surface area contributed by atoms with Gasteiger partial charge in [-0.2, -0.15) is 0 Å². The van der Waals surface area contributed by atoms with Gasteiger partial charge in [0.05, 0.1) is 28.4 Å². The van der Waals surface area contributed by atoms with Crippen LogP contribution in [-0.4, -0.2) is 21.5 Å². The first kappa shape index (κ1) is 17.7. The number of hydrogen-bond acceptors (Lipinski definition) is 4. The van der Waals surface area contributed by atoms with Crippen molar-refractivity contribution in [3.8, 4) is 5.75 Å². The summed E-state index contributed by atoms with van der Waals surface area (Å²) in [4.78, 5) is 12.9. The summed E-state index contributed by atoms with van der Waals surface area (Å²) < 4.78 is 0. The number of nitrogens with zero attached hydrogens (tertiary/aromatic N) is 2. The molecule has 8 bridgehead atoms. The average Bonchev–Trinajstić information content (AvgIpc) is 3.53. The lowest BCUT2D eigenvalue weighted by Crippen LogP contribution is -2.35. The number of hydrogen-bond donors (Lipinski definition) is 3. The summed E-state index contributed by atoms with van der Waals surface area (Å²) in [5.41, 5.74) is 5.06. The number of aromatic amines is 1. The lowest BCUT2D eigenvalue weighted by molar-refractivity contribution is 0.464. The van der Waals surface area contributed by atoms with Crippen LogP contribution in [0.2, 0.25) is 0 Å². The molecule has 1 aromatic carbocycles. The van der Waals surface area contributed by atoms with E-state index in [-0.39, 0.29) is 5.75 Å². The van der Waals surface area contributed by atoms with Crippen molar-refractivity contribution < 1.29 is 5.11 Å². The van der Waals surface area contributed by atoms with Crippen molar-refractivity contribution in [2.45, 2.75) is 12.0 Å². The second-order valence-electron chi connectivity index (χ2n) is 8.05. The fourth-order valence-electron chi connectivity index (χ4n) is 4.32. The quantitative estimate of drug-likeness (QED) is 0.684. The molecule has 5 nitrogen and oxygen atoms in total. The lowest BCUT2D eigenvalue weighted by atomic mass is 9.87. The molecule has 5 heterocycles. The molecule has 6 rings (SSSR count). The van der Waals surface area contributed by atoms with Crippen LogP contribution in [-0.2, 0) is 5.54 Å². The smallest absolute Gasteiger partial charge is 0.115 e. The largest absolute Gasteiger partial charge is 0.508 e. The Labute approximate surface area is 179 Å². The van der Waals surface area contributed by atoms with Crippen molar-refractivity contribution in [3.63, 3.8) is 0 Å². The van der Waals surface area contributed by atoms with Gasteiger partial charge in [-0.15, -0.1) is 0 Å². The molecule has 1 atom stereocenters. The normalized spacial score (nSPS) is 23.2. The molecule has 0 saturated carbocycles. The van der Waals surface area contributed by atoms with Gasteiger partial charge in [0.25, 0.3) is 0 Å². The number of rotatable bonds is 1. The van der Waals surface area contributed by atoms with Gasteiger partial charge < -0.3 is 15.4 Å². The Morgan fingerprint density at radius 1 is 0.839 bits per heavy atom. The van der Waals surface area contributed by atoms with Crippen molar-refractivity contribution in [1.29, 1.82) is 0 Å². The Balaban J connectivity index is 1.54. The summed E-state index contributed by atoms with van der Waals surface area (Å²) in [5.74, 6) is 0.249. The molecule has 150 valence electrons. The number of fused-ring (bicyclic) bond motifs is 6. The molecule has 1 unspecified atom stereocenters. The van der Waals surface area contributed by atoms with E-state index < -0.39 is 5.54 Å². The fourth-order valence-corrected chi connectivity index (χ4v) is 4.32. The molecule has 0 saturated heterocycles. The molecule has 2 aromatic rings. The Hall–Kier alpha value is -4.12. The highest BCUT2D eigenvalue weighted by Gasteiger charge is 2.34. The first-order valence-corrected chi connectivity index (χ1v) is 10.3. The molecule has 1 aromatic heterocycles. The van der Waals surface area contributed by atoms with E-state index in [0.29, 0.717) is 0 Å². The van der Waals surface area contributed by atoms with Crippen LogP contribution in [0, 0.1) is 0 Å². The molecule has 0 spiro atoms. The number of nitrogens with one attached hydrogen (secondary N) is 2. The minimum absolute atomic E-state index is 0.249. The van der Waals surface area contributed by atoms with Gasteiger partial charge in [-0.25, -0.2) is 9.98 Å². The molecule has 5 heteroatoms. The van der Waals surface area contributed by atoms with Crippen LogP contribution in [0.1, 0.15) is 12.0 Å². The van der Waals surface area contributed by atoms with Crippen LogP contribution >= 0.6 is 0 Å². The number of aromatic nitrogens is 1. The molecule has 0 amide bonds. The number of phenolic OH excluding ortho intramolecular Hbond substituents is 1. The van der Waals surface area contributed by atoms with E-state index in [4.69, 9.17) is 4.99 Å². The maximum Gasteiger partial charge on any atom is 0.115 e. The van der Waals surface area contributed by atoms with E-state index in [1.807, 2.05) is 54.7 Å². The average molecular weight is 404 g/mol. The van der Waals surface area contributed by atoms with E-state index >= 15 is 0 Å². The molecular weight excluding hydrogens is 384 g/mol. The van der Waals surface area contributed by atoms with Gasteiger partial charge in [-0.05, 0) is 84.9 Å². The zero-order chi connectivity index (χ0) is 20.8. The van der Waals surface area contributed by atoms with Crippen LogP contribution in [0.5, 0.6) is 5.75 Å². The lowest BCUT2D eigenvalue weighted by Gasteiger charge is -2.29. The van der Waals surface area contributed by atoms with Crippen molar-refractivity contribution in [1.82, 2.24) is 10.3 Å². The predicted molar refractivity (Wildman–Crippen MR) is 124 cm³/mol. The second kappa shape index (κ2) is 6.71. The molecular formula is C26H20N4O. The van der Waals surface area contributed by atoms with E-state index in [9.17, 15) is 5.11 Å². The summed E-state index contributed by atoms with van der Waals surface area (Å²) in [6.45, 7) is 0. The predicted octanol–water partition coefficient (Wildman–Crippen LogP) is 2.86. The Kier molecular flexibility index (Phi) is 3.83. The second-order valence-corrected chi connectivity index (χ2v) is 8.05. The zero-order valence-electron chi connectivity index (χ0n) is 16.7. The first-order chi connectivity index (χ1) is 15.1. The number of H-pyrrole nitrogens is 1. The van der Waals surface area contributed by atoms with Crippen LogP contribution < -0.4 is 16.0 Å². The van der Waals surface area contributed by atoms with Gasteiger partial charge in [0, 0.05) is 16.4 Å². The third-order valence-corrected chi connectivity index (χ3v) is 5.77. The molecule has 0 fully saturated rings. The Bertz CT molecular complexity index is 1440. The molecule has 4 aliphatic heterocycles. The third kappa shape index (κ3) is 3.30. The van der Waals surface area contributed by atoms with Gasteiger partial charge in [-0.3, -0.25) is 0 Å². The highest BCUT2D eigenvalue weighted by Crippen LogP contribution is 2.37. The van der Waals surface area contributed by atoms with E-state index in [1.54, 1.807) is 6.07 Å². The van der Waals surface area contributed by atoms with Crippen LogP contribution in [0.25, 0.3) is 12.2 Å². The minimum Gasteiger partial charge on any atom is -0.508 e. The molecule has 0 radical (unpaired) electrons. The topological polar surface area (TPSA) is 72.8 Å². The van der Waals surface area contributed by atoms with Crippen LogP contribution in [0.15, 0.2) is 106 Å². The summed E-state index contributed by atoms with van der Waals surface area (Å²) in [5, 5.41) is 15.8. The van der Waals surface area contributed by atoms with Crippen molar-refractivity contribution in [2.24, 2.45) is 9.98 Å². The maximum absolute atomic E-state index is 10.1. The fraction of sp³-hybridized carbons (Fsp3) is 0.0769. The highest BCUT2D eigenvalue weighted by atomic mass is 16.3. The van der Waals surface area contributed by atoms with Crippen molar-refractivity contribution in [3.05, 3.63) is 112 Å². The summed E-state index contributed by atoms with van der Waals surface area (Å²) in [6, 6.07) is 11.5. The van der Waals surface area contributed by atoms with E-state index in [2.05, 4.69) is 45.7 Å². The van der Waals surface area contributed by atoms with E-state index in [1.165, 1.54) is 0 Å². The highest BCUT2D eigenvalue weighted by molar-refractivity contribution is 6.19. The minimum atomic E-state index is -0.493. The van der Waals surface area contributed by atoms with Crippen molar-refractivity contribution in [2.75, 3.05) is 0 Å². The van der Waals surface area contributed by atoms with Gasteiger partial charge in [-0.1, -0.05) is 18.2 Å².